The van der Waals surface area contributed by atoms with Gasteiger partial charge >= 0.3 is 0 Å². The van der Waals surface area contributed by atoms with Gasteiger partial charge in [-0.3, -0.25) is 0 Å². The van der Waals surface area contributed by atoms with Crippen LogP contribution < -0.4 is 0 Å². The topological polar surface area (TPSA) is 24.7 Å². The number of hydrogen-bond acceptors (Lipinski definition) is 2. The Kier molecular flexibility index (Phi) is 0.927. The summed E-state index contributed by atoms with van der Waals surface area (Å²) in [7, 11) is 0. The first kappa shape index (κ1) is 5.41. The van der Waals surface area contributed by atoms with Crippen LogP contribution in [0.3, 0.4) is 0 Å². The molecule has 0 fully saturated rings. The maximum atomic E-state index is 12.0. The molecule has 3 heteroatoms. The van der Waals surface area contributed by atoms with Crippen LogP contribution in [-0.2, 0) is 0 Å². The Hall–Kier alpha value is -0.730. The van der Waals surface area contributed by atoms with E-state index in [2.05, 4.69) is 10.2 Å². The summed E-state index contributed by atoms with van der Waals surface area (Å²) in [5.41, 5.74) is -0.413. The van der Waals surface area contributed by atoms with E-state index in [0.717, 1.165) is 0 Å². The largest absolute Gasteiger partial charge is 0.231 e. The van der Waals surface area contributed by atoms with Gasteiger partial charge in [-0.25, -0.2) is 0 Å². The third-order valence-electron chi connectivity index (χ3n) is 0.876. The van der Waals surface area contributed by atoms with E-state index in [1.54, 1.807) is 13.8 Å². The lowest BCUT2D eigenvalue weighted by atomic mass is 10.1. The molecule has 0 aliphatic carbocycles. The molecular formula is C5H7FN2. The van der Waals surface area contributed by atoms with Gasteiger partial charge in [0.05, 0.1) is 5.54 Å². The van der Waals surface area contributed by atoms with Crippen LogP contribution >= 0.6 is 0 Å². The van der Waals surface area contributed by atoms with Crippen LogP contribution in [0.15, 0.2) is 22.3 Å². The number of azo groups is 1. The highest BCUT2D eigenvalue weighted by Gasteiger charge is 2.19. The first-order chi connectivity index (χ1) is 3.60. The van der Waals surface area contributed by atoms with Crippen molar-refractivity contribution in [1.29, 1.82) is 0 Å². The minimum absolute atomic E-state index is 0.413. The van der Waals surface area contributed by atoms with Crippen molar-refractivity contribution >= 4 is 0 Å². The summed E-state index contributed by atoms with van der Waals surface area (Å²) in [5, 5.41) is 6.81. The second-order valence-corrected chi connectivity index (χ2v) is 2.32. The van der Waals surface area contributed by atoms with E-state index in [-0.39, 0.29) is 0 Å². The van der Waals surface area contributed by atoms with Crippen LogP contribution in [0.1, 0.15) is 13.8 Å². The molecule has 0 amide bonds. The molecule has 1 aliphatic rings. The minimum Gasteiger partial charge on any atom is -0.183 e. The molecule has 1 aliphatic heterocycles. The average Bonchev–Trinajstić information content (AvgIpc) is 1.82. The van der Waals surface area contributed by atoms with Crippen molar-refractivity contribution in [3.63, 3.8) is 0 Å². The maximum Gasteiger partial charge on any atom is 0.231 e. The predicted octanol–water partition coefficient (Wildman–Crippen LogP) is 2.04. The Labute approximate surface area is 47.1 Å². The van der Waals surface area contributed by atoms with E-state index in [9.17, 15) is 4.39 Å². The van der Waals surface area contributed by atoms with Gasteiger partial charge in [0.15, 0.2) is 0 Å². The molecule has 0 spiro atoms. The third-order valence-corrected chi connectivity index (χ3v) is 0.876. The standard InChI is InChI=1S/C5H7FN2/c1-5(2)3-4(6)7-8-5/h3H,1-2H3. The molecular weight excluding hydrogens is 107 g/mol. The van der Waals surface area contributed by atoms with Gasteiger partial charge < -0.3 is 0 Å². The van der Waals surface area contributed by atoms with Crippen molar-refractivity contribution in [3.8, 4) is 0 Å². The normalized spacial score (nSPS) is 23.6. The molecule has 0 saturated carbocycles. The number of hydrogen-bond donors (Lipinski definition) is 0. The van der Waals surface area contributed by atoms with Crippen molar-refractivity contribution in [2.75, 3.05) is 0 Å². The summed E-state index contributed by atoms with van der Waals surface area (Å²) in [5.74, 6) is -0.477. The molecule has 0 bridgehead atoms. The molecule has 0 aromatic rings. The zero-order valence-electron chi connectivity index (χ0n) is 4.85. The maximum absolute atomic E-state index is 12.0. The van der Waals surface area contributed by atoms with Gasteiger partial charge in [0.1, 0.15) is 0 Å². The van der Waals surface area contributed by atoms with Crippen molar-refractivity contribution in [2.45, 2.75) is 19.4 Å². The summed E-state index contributed by atoms with van der Waals surface area (Å²) >= 11 is 0. The lowest BCUT2D eigenvalue weighted by Gasteiger charge is -2.03. The van der Waals surface area contributed by atoms with Crippen molar-refractivity contribution in [1.82, 2.24) is 0 Å². The van der Waals surface area contributed by atoms with Crippen LogP contribution in [0.25, 0.3) is 0 Å². The summed E-state index contributed by atoms with van der Waals surface area (Å²) in [6.45, 7) is 3.59. The van der Waals surface area contributed by atoms with E-state index < -0.39 is 11.5 Å². The minimum atomic E-state index is -0.477. The Balaban J connectivity index is 2.84. The third kappa shape index (κ3) is 0.911. The number of halogens is 1. The van der Waals surface area contributed by atoms with E-state index in [1.807, 2.05) is 0 Å². The summed E-state index contributed by atoms with van der Waals surface area (Å²) < 4.78 is 12.0. The van der Waals surface area contributed by atoms with Crippen molar-refractivity contribution in [2.24, 2.45) is 10.2 Å². The number of rotatable bonds is 0. The SMILES string of the molecule is CC1(C)C=C(F)N=N1. The number of nitrogens with zero attached hydrogens (tertiary/aromatic N) is 2. The zero-order valence-corrected chi connectivity index (χ0v) is 4.85. The molecule has 0 N–H and O–H groups in total. The van der Waals surface area contributed by atoms with E-state index in [1.165, 1.54) is 6.08 Å². The Bertz CT molecular complexity index is 158. The molecule has 0 atom stereocenters. The molecule has 0 unspecified atom stereocenters. The highest BCUT2D eigenvalue weighted by Crippen LogP contribution is 2.22. The molecule has 2 nitrogen and oxygen atoms in total. The monoisotopic (exact) mass is 114 g/mol. The first-order valence-corrected chi connectivity index (χ1v) is 2.41. The fourth-order valence-electron chi connectivity index (χ4n) is 0.526. The highest BCUT2D eigenvalue weighted by molar-refractivity contribution is 5.08. The quantitative estimate of drug-likeness (QED) is 0.430. The van der Waals surface area contributed by atoms with Crippen LogP contribution in [0.2, 0.25) is 0 Å². The molecule has 8 heavy (non-hydrogen) atoms. The van der Waals surface area contributed by atoms with Crippen LogP contribution in [0.4, 0.5) is 4.39 Å². The predicted molar refractivity (Wildman–Crippen MR) is 28.1 cm³/mol. The van der Waals surface area contributed by atoms with Crippen LogP contribution in [0.5, 0.6) is 0 Å². The second-order valence-electron chi connectivity index (χ2n) is 2.32. The van der Waals surface area contributed by atoms with Gasteiger partial charge in [-0.05, 0) is 13.8 Å². The molecule has 0 aromatic heterocycles. The smallest absolute Gasteiger partial charge is 0.183 e. The Morgan fingerprint density at radius 2 is 2.25 bits per heavy atom. The van der Waals surface area contributed by atoms with Gasteiger partial charge in [-0.1, -0.05) is 0 Å². The second kappa shape index (κ2) is 1.37. The summed E-state index contributed by atoms with van der Waals surface area (Å²) in [6, 6.07) is 0. The zero-order chi connectivity index (χ0) is 6.20. The van der Waals surface area contributed by atoms with E-state index in [4.69, 9.17) is 0 Å². The lowest BCUT2D eigenvalue weighted by molar-refractivity contribution is 0.623. The van der Waals surface area contributed by atoms with Gasteiger partial charge in [-0.15, -0.1) is 5.11 Å². The van der Waals surface area contributed by atoms with Crippen LogP contribution in [-0.4, -0.2) is 5.54 Å². The summed E-state index contributed by atoms with van der Waals surface area (Å²) in [4.78, 5) is 0. The molecule has 44 valence electrons. The molecule has 1 heterocycles. The van der Waals surface area contributed by atoms with Crippen LogP contribution in [0, 0.1) is 0 Å². The van der Waals surface area contributed by atoms with E-state index in [0.29, 0.717) is 0 Å². The molecule has 0 aromatic carbocycles. The molecule has 0 radical (unpaired) electrons. The molecule has 1 rings (SSSR count). The average molecular weight is 114 g/mol. The molecule has 0 saturated heterocycles. The Morgan fingerprint density at radius 3 is 2.38 bits per heavy atom. The summed E-state index contributed by atoms with van der Waals surface area (Å²) in [6.07, 6.45) is 1.38. The van der Waals surface area contributed by atoms with Gasteiger partial charge in [0.25, 0.3) is 0 Å². The van der Waals surface area contributed by atoms with Crippen molar-refractivity contribution < 1.29 is 4.39 Å². The fraction of sp³-hybridized carbons (Fsp3) is 0.600. The van der Waals surface area contributed by atoms with Gasteiger partial charge in [0, 0.05) is 6.08 Å². The highest BCUT2D eigenvalue weighted by atomic mass is 19.1. The first-order valence-electron chi connectivity index (χ1n) is 2.41. The fourth-order valence-corrected chi connectivity index (χ4v) is 0.526. The Morgan fingerprint density at radius 1 is 1.62 bits per heavy atom. The van der Waals surface area contributed by atoms with Gasteiger partial charge in [0.2, 0.25) is 5.95 Å². The van der Waals surface area contributed by atoms with Crippen molar-refractivity contribution in [3.05, 3.63) is 12.0 Å². The lowest BCUT2D eigenvalue weighted by Crippen LogP contribution is -2.07. The van der Waals surface area contributed by atoms with Gasteiger partial charge in [-0.2, -0.15) is 9.50 Å². The van der Waals surface area contributed by atoms with E-state index >= 15 is 0 Å².